The minimum absolute atomic E-state index is 0. The molecule has 0 aromatic heterocycles. The van der Waals surface area contributed by atoms with E-state index in [9.17, 15) is 4.79 Å². The van der Waals surface area contributed by atoms with Gasteiger partial charge in [0, 0.05) is 49.4 Å². The quantitative estimate of drug-likeness (QED) is 0.790. The molecule has 0 fully saturated rings. The Morgan fingerprint density at radius 1 is 1.70 bits per heavy atom. The van der Waals surface area contributed by atoms with E-state index in [1.807, 2.05) is 13.8 Å². The van der Waals surface area contributed by atoms with Gasteiger partial charge < -0.3 is 10.8 Å². The molecule has 0 aromatic carbocycles. The van der Waals surface area contributed by atoms with Crippen molar-refractivity contribution in [2.75, 3.05) is 0 Å². The Morgan fingerprint density at radius 2 is 2.10 bits per heavy atom. The molecule has 0 amide bonds. The van der Waals surface area contributed by atoms with Gasteiger partial charge >= 0.3 is 5.97 Å². The molecule has 3 nitrogen and oxygen atoms in total. The van der Waals surface area contributed by atoms with E-state index in [0.717, 1.165) is 6.42 Å². The second kappa shape index (κ2) is 6.71. The average molecular weight is 283 g/mol. The van der Waals surface area contributed by atoms with E-state index in [1.165, 1.54) is 0 Å². The van der Waals surface area contributed by atoms with E-state index in [0.29, 0.717) is 0 Å². The maximum absolute atomic E-state index is 10.2. The first-order chi connectivity index (χ1) is 4.09. The number of hydrogen-bond acceptors (Lipinski definition) is 2. The van der Waals surface area contributed by atoms with Crippen molar-refractivity contribution in [3.63, 3.8) is 0 Å². The smallest absolute Gasteiger partial charge is 0.320 e. The Bertz CT molecular complexity index is 108. The summed E-state index contributed by atoms with van der Waals surface area (Å²) in [5.41, 5.74) is 5.27. The summed E-state index contributed by atoms with van der Waals surface area (Å²) >= 11 is 0. The third-order valence-corrected chi connectivity index (χ3v) is 1.54. The monoisotopic (exact) mass is 284 g/mol. The number of carbonyl (C=O) groups is 1. The summed E-state index contributed by atoms with van der Waals surface area (Å²) < 4.78 is 0. The van der Waals surface area contributed by atoms with Gasteiger partial charge in [-0.2, -0.15) is 0 Å². The first kappa shape index (κ1) is 13.6. The van der Waals surface area contributed by atoms with Crippen LogP contribution >= 0.6 is 0 Å². The molecule has 61 valence electrons. The van der Waals surface area contributed by atoms with E-state index < -0.39 is 12.0 Å². The molecular weight excluding hydrogens is 270 g/mol. The van der Waals surface area contributed by atoms with Crippen molar-refractivity contribution in [2.24, 2.45) is 11.7 Å². The van der Waals surface area contributed by atoms with Crippen LogP contribution in [-0.4, -0.2) is 17.1 Å². The second-order valence-electron chi connectivity index (χ2n) is 2.25. The van der Waals surface area contributed by atoms with E-state index >= 15 is 0 Å². The third kappa shape index (κ3) is 4.77. The zero-order valence-corrected chi connectivity index (χ0v) is 8.60. The fraction of sp³-hybridized carbons (Fsp3) is 0.833. The van der Waals surface area contributed by atoms with Gasteiger partial charge in [-0.3, -0.25) is 4.79 Å². The number of nitrogens with two attached hydrogens (primary N) is 1. The summed E-state index contributed by atoms with van der Waals surface area (Å²) in [4.78, 5) is 10.2. The van der Waals surface area contributed by atoms with Gasteiger partial charge in [-0.25, -0.2) is 0 Å². The minimum Gasteiger partial charge on any atom is -0.480 e. The molecule has 0 aliphatic heterocycles. The maximum Gasteiger partial charge on any atom is 0.320 e. The summed E-state index contributed by atoms with van der Waals surface area (Å²) in [5, 5.41) is 8.36. The molecule has 0 bridgehead atoms. The molecule has 0 saturated heterocycles. The zero-order valence-electron chi connectivity index (χ0n) is 6.17. The van der Waals surface area contributed by atoms with Crippen LogP contribution in [0, 0.1) is 55.3 Å². The van der Waals surface area contributed by atoms with Gasteiger partial charge in [0.2, 0.25) is 0 Å². The van der Waals surface area contributed by atoms with Gasteiger partial charge in [0.05, 0.1) is 0 Å². The molecule has 0 saturated carbocycles. The van der Waals surface area contributed by atoms with E-state index in [4.69, 9.17) is 10.8 Å². The van der Waals surface area contributed by atoms with Crippen molar-refractivity contribution in [2.45, 2.75) is 26.3 Å². The SMILES string of the molecule is CC[C@H](C)[C@H](N)C(=O)O.[Eu]. The zero-order chi connectivity index (χ0) is 7.44. The number of carboxylic acids is 1. The third-order valence-electron chi connectivity index (χ3n) is 1.54. The number of aliphatic carboxylic acids is 1. The van der Waals surface area contributed by atoms with Crippen LogP contribution in [0.3, 0.4) is 0 Å². The molecular formula is C6H13EuNO2. The van der Waals surface area contributed by atoms with Crippen LogP contribution in [0.25, 0.3) is 0 Å². The summed E-state index contributed by atoms with van der Waals surface area (Å²) in [6, 6.07) is -0.699. The molecule has 0 aliphatic carbocycles. The predicted molar refractivity (Wildman–Crippen MR) is 35.1 cm³/mol. The van der Waals surface area contributed by atoms with Crippen molar-refractivity contribution in [1.29, 1.82) is 0 Å². The van der Waals surface area contributed by atoms with Gasteiger partial charge in [-0.05, 0) is 5.92 Å². The van der Waals surface area contributed by atoms with Crippen LogP contribution in [0.1, 0.15) is 20.3 Å². The number of carboxylic acid groups (broad SMARTS) is 1. The van der Waals surface area contributed by atoms with Gasteiger partial charge in [-0.1, -0.05) is 20.3 Å². The average Bonchev–Trinajstić information content (AvgIpc) is 1.84. The summed E-state index contributed by atoms with van der Waals surface area (Å²) in [5.74, 6) is -0.841. The fourth-order valence-corrected chi connectivity index (χ4v) is 0.497. The Morgan fingerprint density at radius 3 is 2.20 bits per heavy atom. The second-order valence-corrected chi connectivity index (χ2v) is 2.25. The molecule has 0 aliphatic rings. The molecule has 2 atom stereocenters. The summed E-state index contributed by atoms with van der Waals surface area (Å²) in [6.07, 6.45) is 0.813. The largest absolute Gasteiger partial charge is 0.480 e. The van der Waals surface area contributed by atoms with Crippen molar-refractivity contribution >= 4 is 5.97 Å². The van der Waals surface area contributed by atoms with Gasteiger partial charge in [0.15, 0.2) is 0 Å². The standard InChI is InChI=1S/C6H13NO2.Eu/c1-3-4(2)5(7)6(8)9;/h4-5H,3,7H2,1-2H3,(H,8,9);/t4-,5-;/m0./s1. The normalized spacial score (nSPS) is 15.1. The number of hydrogen-bond donors (Lipinski definition) is 2. The molecule has 0 unspecified atom stereocenters. The minimum atomic E-state index is -0.913. The van der Waals surface area contributed by atoms with Gasteiger partial charge in [0.25, 0.3) is 0 Å². The number of rotatable bonds is 3. The molecule has 4 heteroatoms. The van der Waals surface area contributed by atoms with Crippen LogP contribution in [0.2, 0.25) is 0 Å². The van der Waals surface area contributed by atoms with E-state index in [1.54, 1.807) is 0 Å². The van der Waals surface area contributed by atoms with Crippen LogP contribution < -0.4 is 5.73 Å². The molecule has 1 radical (unpaired) electrons. The van der Waals surface area contributed by atoms with Crippen molar-refractivity contribution < 1.29 is 59.3 Å². The Kier molecular flexibility index (Phi) is 9.12. The van der Waals surface area contributed by atoms with Crippen LogP contribution in [0.4, 0.5) is 0 Å². The fourth-order valence-electron chi connectivity index (χ4n) is 0.497. The molecule has 0 spiro atoms. The summed E-state index contributed by atoms with van der Waals surface area (Å²) in [6.45, 7) is 3.76. The van der Waals surface area contributed by atoms with Crippen LogP contribution in [-0.2, 0) is 4.79 Å². The van der Waals surface area contributed by atoms with Crippen LogP contribution in [0.5, 0.6) is 0 Å². The Hall–Kier alpha value is 1.01. The summed E-state index contributed by atoms with van der Waals surface area (Å²) in [7, 11) is 0. The topological polar surface area (TPSA) is 63.3 Å². The van der Waals surface area contributed by atoms with Gasteiger partial charge in [-0.15, -0.1) is 0 Å². The van der Waals surface area contributed by atoms with Crippen molar-refractivity contribution in [1.82, 2.24) is 0 Å². The Labute approximate surface area is 102 Å². The van der Waals surface area contributed by atoms with Crippen molar-refractivity contribution in [3.05, 3.63) is 0 Å². The molecule has 0 aromatic rings. The molecule has 0 heterocycles. The maximum atomic E-state index is 10.2. The molecule has 3 N–H and O–H groups in total. The Balaban J connectivity index is 0. The van der Waals surface area contributed by atoms with Gasteiger partial charge in [0.1, 0.15) is 6.04 Å². The van der Waals surface area contributed by atoms with E-state index in [2.05, 4.69) is 0 Å². The molecule has 0 rings (SSSR count). The predicted octanol–water partition coefficient (Wildman–Crippen LogP) is 0.444. The first-order valence-corrected chi connectivity index (χ1v) is 3.08. The first-order valence-electron chi connectivity index (χ1n) is 3.08. The molecule has 10 heavy (non-hydrogen) atoms. The van der Waals surface area contributed by atoms with E-state index in [-0.39, 0.29) is 55.3 Å². The van der Waals surface area contributed by atoms with Crippen LogP contribution in [0.15, 0.2) is 0 Å². The van der Waals surface area contributed by atoms with Crippen molar-refractivity contribution in [3.8, 4) is 0 Å².